The van der Waals surface area contributed by atoms with Gasteiger partial charge in [0.05, 0.1) is 5.69 Å². The molecule has 1 saturated carbocycles. The van der Waals surface area contributed by atoms with Gasteiger partial charge in [-0.25, -0.2) is 4.79 Å². The Kier molecular flexibility index (Phi) is 1.88. The van der Waals surface area contributed by atoms with Crippen LogP contribution in [0.4, 0.5) is 0 Å². The molecule has 16 heavy (non-hydrogen) atoms. The van der Waals surface area contributed by atoms with Crippen molar-refractivity contribution < 1.29 is 4.79 Å². The fourth-order valence-electron chi connectivity index (χ4n) is 1.97. The van der Waals surface area contributed by atoms with E-state index in [4.69, 9.17) is 0 Å². The molecule has 0 spiro atoms. The lowest BCUT2D eigenvalue weighted by Crippen LogP contribution is -2.04. The highest BCUT2D eigenvalue weighted by atomic mass is 16.1. The molecule has 1 aromatic heterocycles. The Labute approximate surface area is 92.8 Å². The molecule has 0 aliphatic heterocycles. The first-order valence-corrected chi connectivity index (χ1v) is 5.28. The third-order valence-electron chi connectivity index (χ3n) is 3.09. The van der Waals surface area contributed by atoms with Crippen molar-refractivity contribution in [3.8, 4) is 0 Å². The summed E-state index contributed by atoms with van der Waals surface area (Å²) in [6.45, 7) is 0. The lowest BCUT2D eigenvalue weighted by molar-refractivity contribution is 0.555. The molecule has 1 fully saturated rings. The van der Waals surface area contributed by atoms with Gasteiger partial charge >= 0.3 is 0 Å². The number of fused-ring (bicyclic) bond motifs is 1. The Balaban J connectivity index is 2.15. The number of nitrogens with zero attached hydrogens (tertiary/aromatic N) is 2. The topological polar surface area (TPSA) is 42.3 Å². The number of isocyanates is 1. The van der Waals surface area contributed by atoms with Crippen molar-refractivity contribution in [3.63, 3.8) is 0 Å². The zero-order valence-electron chi connectivity index (χ0n) is 8.68. The first-order valence-electron chi connectivity index (χ1n) is 5.28. The maximum Gasteiger partial charge on any atom is 0.235 e. The van der Waals surface area contributed by atoms with E-state index in [1.54, 1.807) is 6.08 Å². The van der Waals surface area contributed by atoms with E-state index in [9.17, 15) is 4.79 Å². The van der Waals surface area contributed by atoms with Crippen LogP contribution in [0.2, 0.25) is 0 Å². The molecular formula is C13H10N2O. The molecule has 0 atom stereocenters. The summed E-state index contributed by atoms with van der Waals surface area (Å²) in [5.41, 5.74) is 0.515. The summed E-state index contributed by atoms with van der Waals surface area (Å²) in [4.78, 5) is 18.6. The van der Waals surface area contributed by atoms with E-state index >= 15 is 0 Å². The average molecular weight is 210 g/mol. The van der Waals surface area contributed by atoms with Crippen LogP contribution < -0.4 is 0 Å². The molecule has 1 aliphatic rings. The molecule has 3 nitrogen and oxygen atoms in total. The molecule has 0 saturated heterocycles. The average Bonchev–Trinajstić information content (AvgIpc) is 3.10. The highest BCUT2D eigenvalue weighted by Crippen LogP contribution is 2.48. The van der Waals surface area contributed by atoms with Gasteiger partial charge in [0.2, 0.25) is 6.08 Å². The molecule has 78 valence electrons. The zero-order chi connectivity index (χ0) is 11.0. The fourth-order valence-corrected chi connectivity index (χ4v) is 1.97. The summed E-state index contributed by atoms with van der Waals surface area (Å²) in [7, 11) is 0. The standard InChI is InChI=1S/C13H10N2O/c16-9-15-13(5-6-13)12-7-10-3-1-2-4-11(10)8-14-12/h1-4,7-8H,5-6H2. The summed E-state index contributed by atoms with van der Waals surface area (Å²) in [5.74, 6) is 0. The summed E-state index contributed by atoms with van der Waals surface area (Å²) in [6.07, 6.45) is 5.28. The number of hydrogen-bond donors (Lipinski definition) is 0. The van der Waals surface area contributed by atoms with Gasteiger partial charge in [-0.05, 0) is 24.3 Å². The van der Waals surface area contributed by atoms with Gasteiger partial charge in [0.1, 0.15) is 5.54 Å². The minimum absolute atomic E-state index is 0.369. The third kappa shape index (κ3) is 1.34. The number of carbonyl (C=O) groups excluding carboxylic acids is 1. The smallest absolute Gasteiger partial charge is 0.235 e. The highest BCUT2D eigenvalue weighted by Gasteiger charge is 2.46. The van der Waals surface area contributed by atoms with Crippen molar-refractivity contribution in [3.05, 3.63) is 42.2 Å². The Morgan fingerprint density at radius 3 is 2.69 bits per heavy atom. The molecule has 3 rings (SSSR count). The van der Waals surface area contributed by atoms with Crippen LogP contribution in [0.15, 0.2) is 41.5 Å². The predicted octanol–water partition coefficient (Wildman–Crippen LogP) is 2.56. The third-order valence-corrected chi connectivity index (χ3v) is 3.09. The highest BCUT2D eigenvalue weighted by molar-refractivity contribution is 5.82. The van der Waals surface area contributed by atoms with Gasteiger partial charge in [0.25, 0.3) is 0 Å². The Hall–Kier alpha value is -1.99. The number of aromatic nitrogens is 1. The summed E-state index contributed by atoms with van der Waals surface area (Å²) < 4.78 is 0. The van der Waals surface area contributed by atoms with Gasteiger partial charge in [-0.2, -0.15) is 4.99 Å². The van der Waals surface area contributed by atoms with Gasteiger partial charge in [-0.15, -0.1) is 0 Å². The van der Waals surface area contributed by atoms with Crippen LogP contribution in [-0.4, -0.2) is 11.1 Å². The SMILES string of the molecule is O=C=NC1(c2cc3ccccc3cn2)CC1. The monoisotopic (exact) mass is 210 g/mol. The van der Waals surface area contributed by atoms with Crippen molar-refractivity contribution in [2.24, 2.45) is 4.99 Å². The van der Waals surface area contributed by atoms with Gasteiger partial charge < -0.3 is 0 Å². The lowest BCUT2D eigenvalue weighted by Gasteiger charge is -2.07. The van der Waals surface area contributed by atoms with Crippen LogP contribution in [0.5, 0.6) is 0 Å². The van der Waals surface area contributed by atoms with Crippen molar-refractivity contribution >= 4 is 16.9 Å². The summed E-state index contributed by atoms with van der Waals surface area (Å²) in [5, 5.41) is 2.25. The molecule has 1 aliphatic carbocycles. The molecule has 1 aromatic carbocycles. The molecule has 0 amide bonds. The number of benzene rings is 1. The first-order chi connectivity index (χ1) is 7.84. The van der Waals surface area contributed by atoms with Crippen LogP contribution in [0.25, 0.3) is 10.8 Å². The lowest BCUT2D eigenvalue weighted by atomic mass is 10.1. The second-order valence-corrected chi connectivity index (χ2v) is 4.15. The maximum absolute atomic E-state index is 10.4. The first kappa shape index (κ1) is 9.25. The van der Waals surface area contributed by atoms with Crippen LogP contribution >= 0.6 is 0 Å². The molecule has 0 radical (unpaired) electrons. The van der Waals surface area contributed by atoms with Crippen LogP contribution in [-0.2, 0) is 10.3 Å². The predicted molar refractivity (Wildman–Crippen MR) is 60.8 cm³/mol. The van der Waals surface area contributed by atoms with Crippen molar-refractivity contribution in [1.82, 2.24) is 4.98 Å². The summed E-state index contributed by atoms with van der Waals surface area (Å²) >= 11 is 0. The molecule has 2 aromatic rings. The fraction of sp³-hybridized carbons (Fsp3) is 0.231. The summed E-state index contributed by atoms with van der Waals surface area (Å²) in [6, 6.07) is 10.1. The molecule has 1 heterocycles. The number of pyridine rings is 1. The molecule has 3 heteroatoms. The zero-order valence-corrected chi connectivity index (χ0v) is 8.68. The quantitative estimate of drug-likeness (QED) is 0.564. The van der Waals surface area contributed by atoms with Crippen molar-refractivity contribution in [2.45, 2.75) is 18.4 Å². The van der Waals surface area contributed by atoms with E-state index in [0.29, 0.717) is 0 Å². The molecule has 0 N–H and O–H groups in total. The van der Waals surface area contributed by atoms with E-state index in [1.807, 2.05) is 36.5 Å². The van der Waals surface area contributed by atoms with Gasteiger partial charge in [-0.1, -0.05) is 24.3 Å². The second-order valence-electron chi connectivity index (χ2n) is 4.15. The van der Waals surface area contributed by atoms with Crippen LogP contribution in [0.1, 0.15) is 18.5 Å². The Bertz CT molecular complexity index is 596. The Morgan fingerprint density at radius 2 is 2.00 bits per heavy atom. The Morgan fingerprint density at radius 1 is 1.25 bits per heavy atom. The van der Waals surface area contributed by atoms with E-state index in [1.165, 1.54) is 0 Å². The van der Waals surface area contributed by atoms with E-state index in [0.717, 1.165) is 29.3 Å². The molecule has 0 unspecified atom stereocenters. The number of aliphatic imine (C=N–C) groups is 1. The molecular weight excluding hydrogens is 200 g/mol. The van der Waals surface area contributed by atoms with E-state index < -0.39 is 0 Å². The van der Waals surface area contributed by atoms with Gasteiger partial charge in [-0.3, -0.25) is 4.98 Å². The second kappa shape index (κ2) is 3.26. The van der Waals surface area contributed by atoms with E-state index in [-0.39, 0.29) is 5.54 Å². The number of hydrogen-bond acceptors (Lipinski definition) is 3. The van der Waals surface area contributed by atoms with Crippen LogP contribution in [0.3, 0.4) is 0 Å². The number of rotatable bonds is 2. The minimum atomic E-state index is -0.369. The van der Waals surface area contributed by atoms with E-state index in [2.05, 4.69) is 9.98 Å². The minimum Gasteiger partial charge on any atom is -0.258 e. The van der Waals surface area contributed by atoms with Gasteiger partial charge in [0, 0.05) is 11.6 Å². The molecule has 0 bridgehead atoms. The van der Waals surface area contributed by atoms with Crippen molar-refractivity contribution in [1.29, 1.82) is 0 Å². The maximum atomic E-state index is 10.4. The van der Waals surface area contributed by atoms with Crippen LogP contribution in [0, 0.1) is 0 Å². The van der Waals surface area contributed by atoms with Gasteiger partial charge in [0.15, 0.2) is 0 Å². The normalized spacial score (nSPS) is 16.8. The largest absolute Gasteiger partial charge is 0.258 e. The van der Waals surface area contributed by atoms with Crippen molar-refractivity contribution in [2.75, 3.05) is 0 Å².